The van der Waals surface area contributed by atoms with Gasteiger partial charge in [0.2, 0.25) is 0 Å². The van der Waals surface area contributed by atoms with Gasteiger partial charge in [0.15, 0.2) is 5.96 Å². The van der Waals surface area contributed by atoms with Crippen molar-refractivity contribution in [2.45, 2.75) is 19.3 Å². The van der Waals surface area contributed by atoms with Gasteiger partial charge in [-0.2, -0.15) is 0 Å². The summed E-state index contributed by atoms with van der Waals surface area (Å²) in [4.78, 5) is 6.55. The summed E-state index contributed by atoms with van der Waals surface area (Å²) in [6.45, 7) is 4.43. The van der Waals surface area contributed by atoms with Gasteiger partial charge in [0.25, 0.3) is 0 Å². The predicted octanol–water partition coefficient (Wildman–Crippen LogP) is 2.39. The van der Waals surface area contributed by atoms with Gasteiger partial charge in [-0.15, -0.1) is 0 Å². The lowest BCUT2D eigenvalue weighted by Crippen LogP contribution is -2.41. The molecule has 5 nitrogen and oxygen atoms in total. The van der Waals surface area contributed by atoms with Crippen molar-refractivity contribution in [3.8, 4) is 5.75 Å². The lowest BCUT2D eigenvalue weighted by atomic mass is 10.1. The number of guanidine groups is 1. The van der Waals surface area contributed by atoms with Crippen molar-refractivity contribution in [2.24, 2.45) is 10.9 Å². The Balaban J connectivity index is 1.56. The molecule has 1 N–H and O–H groups in total. The molecule has 0 aliphatic carbocycles. The fourth-order valence-corrected chi connectivity index (χ4v) is 2.72. The van der Waals surface area contributed by atoms with Gasteiger partial charge in [0.05, 0.1) is 13.2 Å². The summed E-state index contributed by atoms with van der Waals surface area (Å²) in [6.07, 6.45) is 3.24. The summed E-state index contributed by atoms with van der Waals surface area (Å²) < 4.78 is 11.1. The largest absolute Gasteiger partial charge is 0.494 e. The molecule has 1 unspecified atom stereocenters. The van der Waals surface area contributed by atoms with Crippen LogP contribution in [0.15, 0.2) is 35.3 Å². The highest BCUT2D eigenvalue weighted by atomic mass is 16.5. The number of para-hydroxylation sites is 1. The molecule has 1 aromatic carbocycles. The summed E-state index contributed by atoms with van der Waals surface area (Å²) in [6, 6.07) is 9.96. The molecule has 1 aliphatic rings. The molecular weight excluding hydrogens is 290 g/mol. The van der Waals surface area contributed by atoms with E-state index in [1.807, 2.05) is 37.4 Å². The average molecular weight is 319 g/mol. The van der Waals surface area contributed by atoms with Crippen molar-refractivity contribution in [2.75, 3.05) is 47.0 Å². The Kier molecular flexibility index (Phi) is 7.73. The second-order valence-corrected chi connectivity index (χ2v) is 5.95. The van der Waals surface area contributed by atoms with Crippen molar-refractivity contribution < 1.29 is 9.47 Å². The van der Waals surface area contributed by atoms with Crippen molar-refractivity contribution in [3.05, 3.63) is 30.3 Å². The highest BCUT2D eigenvalue weighted by molar-refractivity contribution is 5.79. The molecule has 0 aromatic heterocycles. The summed E-state index contributed by atoms with van der Waals surface area (Å²) in [7, 11) is 3.93. The SMILES string of the molecule is CN=C(NCCCCOc1ccccc1)N(C)CC1CCOC1. The van der Waals surface area contributed by atoms with Gasteiger partial charge in [-0.25, -0.2) is 0 Å². The van der Waals surface area contributed by atoms with Crippen LogP contribution in [0.2, 0.25) is 0 Å². The predicted molar refractivity (Wildman–Crippen MR) is 94.1 cm³/mol. The molecule has 23 heavy (non-hydrogen) atoms. The molecule has 0 radical (unpaired) electrons. The van der Waals surface area contributed by atoms with Crippen LogP contribution < -0.4 is 10.1 Å². The third-order valence-electron chi connectivity index (χ3n) is 4.00. The van der Waals surface area contributed by atoms with Crippen LogP contribution >= 0.6 is 0 Å². The van der Waals surface area contributed by atoms with E-state index >= 15 is 0 Å². The summed E-state index contributed by atoms with van der Waals surface area (Å²) in [5, 5.41) is 3.42. The fraction of sp³-hybridized carbons (Fsp3) is 0.611. The van der Waals surface area contributed by atoms with Crippen molar-refractivity contribution in [1.29, 1.82) is 0 Å². The maximum atomic E-state index is 5.69. The number of unbranched alkanes of at least 4 members (excludes halogenated alkanes) is 1. The van der Waals surface area contributed by atoms with E-state index in [1.54, 1.807) is 0 Å². The Bertz CT molecular complexity index is 459. The number of ether oxygens (including phenoxy) is 2. The van der Waals surface area contributed by atoms with Crippen LogP contribution in [0.4, 0.5) is 0 Å². The van der Waals surface area contributed by atoms with Crippen molar-refractivity contribution >= 4 is 5.96 Å². The van der Waals surface area contributed by atoms with Crippen LogP contribution in [0.25, 0.3) is 0 Å². The van der Waals surface area contributed by atoms with Crippen molar-refractivity contribution in [1.82, 2.24) is 10.2 Å². The second kappa shape index (κ2) is 10.1. The van der Waals surface area contributed by atoms with E-state index in [1.165, 1.54) is 0 Å². The Morgan fingerprint density at radius 2 is 2.17 bits per heavy atom. The molecule has 1 aliphatic heterocycles. The molecule has 1 aromatic rings. The minimum Gasteiger partial charge on any atom is -0.494 e. The van der Waals surface area contributed by atoms with E-state index in [-0.39, 0.29) is 0 Å². The smallest absolute Gasteiger partial charge is 0.193 e. The molecule has 1 fully saturated rings. The van der Waals surface area contributed by atoms with E-state index in [9.17, 15) is 0 Å². The molecule has 1 atom stereocenters. The standard InChI is InChI=1S/C18H29N3O2/c1-19-18(21(2)14-16-10-13-22-15-16)20-11-6-7-12-23-17-8-4-3-5-9-17/h3-5,8-9,16H,6-7,10-15H2,1-2H3,(H,19,20). The Labute approximate surface area is 139 Å². The molecule has 0 amide bonds. The van der Waals surface area contributed by atoms with Crippen LogP contribution in [0.3, 0.4) is 0 Å². The van der Waals surface area contributed by atoms with Gasteiger partial charge in [-0.05, 0) is 31.4 Å². The van der Waals surface area contributed by atoms with Gasteiger partial charge in [0, 0.05) is 39.7 Å². The first-order valence-corrected chi connectivity index (χ1v) is 8.47. The third-order valence-corrected chi connectivity index (χ3v) is 4.00. The lowest BCUT2D eigenvalue weighted by Gasteiger charge is -2.24. The molecule has 0 saturated carbocycles. The third kappa shape index (κ3) is 6.48. The molecular formula is C18H29N3O2. The Morgan fingerprint density at radius 1 is 1.35 bits per heavy atom. The zero-order valence-corrected chi connectivity index (χ0v) is 14.3. The topological polar surface area (TPSA) is 46.1 Å². The monoisotopic (exact) mass is 319 g/mol. The van der Waals surface area contributed by atoms with E-state index in [2.05, 4.69) is 22.3 Å². The molecule has 1 heterocycles. The maximum absolute atomic E-state index is 5.69. The minimum absolute atomic E-state index is 0.623. The van der Waals surface area contributed by atoms with Gasteiger partial charge < -0.3 is 19.7 Å². The molecule has 128 valence electrons. The van der Waals surface area contributed by atoms with E-state index in [0.29, 0.717) is 5.92 Å². The normalized spacial score (nSPS) is 18.0. The van der Waals surface area contributed by atoms with Crippen LogP contribution in [-0.4, -0.2) is 57.9 Å². The van der Waals surface area contributed by atoms with Gasteiger partial charge >= 0.3 is 0 Å². The first kappa shape index (κ1) is 17.6. The zero-order valence-electron chi connectivity index (χ0n) is 14.3. The van der Waals surface area contributed by atoms with Gasteiger partial charge in [0.1, 0.15) is 5.75 Å². The molecule has 1 saturated heterocycles. The van der Waals surface area contributed by atoms with E-state index in [4.69, 9.17) is 9.47 Å². The van der Waals surface area contributed by atoms with Crippen LogP contribution in [0.1, 0.15) is 19.3 Å². The van der Waals surface area contributed by atoms with E-state index in [0.717, 1.165) is 63.9 Å². The molecule has 0 bridgehead atoms. The number of nitrogens with zero attached hydrogens (tertiary/aromatic N) is 2. The highest BCUT2D eigenvalue weighted by Crippen LogP contribution is 2.13. The first-order valence-electron chi connectivity index (χ1n) is 8.47. The number of hydrogen-bond acceptors (Lipinski definition) is 3. The molecule has 0 spiro atoms. The summed E-state index contributed by atoms with van der Waals surface area (Å²) in [5.74, 6) is 2.52. The van der Waals surface area contributed by atoms with Gasteiger partial charge in [-0.1, -0.05) is 18.2 Å². The van der Waals surface area contributed by atoms with Crippen LogP contribution in [-0.2, 0) is 4.74 Å². The zero-order chi connectivity index (χ0) is 16.3. The minimum atomic E-state index is 0.623. The van der Waals surface area contributed by atoms with Crippen LogP contribution in [0.5, 0.6) is 5.75 Å². The van der Waals surface area contributed by atoms with E-state index < -0.39 is 0 Å². The summed E-state index contributed by atoms with van der Waals surface area (Å²) in [5.41, 5.74) is 0. The fourth-order valence-electron chi connectivity index (χ4n) is 2.72. The summed E-state index contributed by atoms with van der Waals surface area (Å²) >= 11 is 0. The molecule has 5 heteroatoms. The average Bonchev–Trinajstić information content (AvgIpc) is 3.08. The quantitative estimate of drug-likeness (QED) is 0.454. The van der Waals surface area contributed by atoms with Crippen molar-refractivity contribution in [3.63, 3.8) is 0 Å². The Morgan fingerprint density at radius 3 is 2.87 bits per heavy atom. The number of rotatable bonds is 8. The Hall–Kier alpha value is -1.75. The maximum Gasteiger partial charge on any atom is 0.193 e. The number of nitrogens with one attached hydrogen (secondary N) is 1. The lowest BCUT2D eigenvalue weighted by molar-refractivity contribution is 0.181. The number of aliphatic imine (C=N–C) groups is 1. The highest BCUT2D eigenvalue weighted by Gasteiger charge is 2.18. The number of hydrogen-bond donors (Lipinski definition) is 1. The number of benzene rings is 1. The first-order chi connectivity index (χ1) is 11.3. The van der Waals surface area contributed by atoms with Crippen LogP contribution in [0, 0.1) is 5.92 Å². The van der Waals surface area contributed by atoms with Gasteiger partial charge in [-0.3, -0.25) is 4.99 Å². The molecule has 2 rings (SSSR count). The second-order valence-electron chi connectivity index (χ2n) is 5.95.